The van der Waals surface area contributed by atoms with Gasteiger partial charge < -0.3 is 20.5 Å². The summed E-state index contributed by atoms with van der Waals surface area (Å²) in [6.07, 6.45) is 5.21. The largest absolute Gasteiger partial charge is 0.373 e. The molecule has 4 N–H and O–H groups in total. The van der Waals surface area contributed by atoms with Crippen LogP contribution < -0.4 is 16.0 Å². The summed E-state index contributed by atoms with van der Waals surface area (Å²) in [6.45, 7) is 0. The van der Waals surface area contributed by atoms with Gasteiger partial charge >= 0.3 is 0 Å². The van der Waals surface area contributed by atoms with Crippen molar-refractivity contribution in [2.45, 2.75) is 0 Å². The molecule has 2 aromatic heterocycles. The number of amidine groups is 1. The van der Waals surface area contributed by atoms with Crippen molar-refractivity contribution in [3.63, 3.8) is 0 Å². The Morgan fingerprint density at radius 3 is 2.85 bits per heavy atom. The Hall–Kier alpha value is -2.83. The maximum absolute atomic E-state index is 7.86. The molecule has 0 fully saturated rings. The minimum absolute atomic E-state index is 0.277. The fraction of sp³-hybridized carbons (Fsp3) is 0.154. The lowest BCUT2D eigenvalue weighted by Crippen LogP contribution is -2.20. The highest BCUT2D eigenvalue weighted by molar-refractivity contribution is 6.10. The van der Waals surface area contributed by atoms with Crippen LogP contribution in [0, 0.1) is 5.41 Å². The van der Waals surface area contributed by atoms with Gasteiger partial charge in [-0.1, -0.05) is 0 Å². The molecule has 1 aliphatic heterocycles. The first-order valence-electron chi connectivity index (χ1n) is 6.20. The second-order valence-corrected chi connectivity index (χ2v) is 4.25. The summed E-state index contributed by atoms with van der Waals surface area (Å²) in [6, 6.07) is 3.92. The molecule has 1 aliphatic rings. The van der Waals surface area contributed by atoms with E-state index in [9.17, 15) is 0 Å². The lowest BCUT2D eigenvalue weighted by atomic mass is 10.3. The van der Waals surface area contributed by atoms with Crippen LogP contribution in [0.4, 0.5) is 5.82 Å². The van der Waals surface area contributed by atoms with Crippen LogP contribution in [-0.2, 0) is 0 Å². The first-order chi connectivity index (χ1) is 9.76. The van der Waals surface area contributed by atoms with Crippen molar-refractivity contribution in [1.82, 2.24) is 20.2 Å². The van der Waals surface area contributed by atoms with Crippen molar-refractivity contribution in [2.24, 2.45) is 4.99 Å². The van der Waals surface area contributed by atoms with Gasteiger partial charge in [-0.05, 0) is 12.1 Å². The molecule has 0 spiro atoms. The minimum Gasteiger partial charge on any atom is -0.373 e. The van der Waals surface area contributed by atoms with Crippen molar-refractivity contribution < 1.29 is 0 Å². The molecule has 0 radical (unpaired) electrons. The number of anilines is 1. The molecule has 0 unspecified atom stereocenters. The topological polar surface area (TPSA) is 90.1 Å². The average Bonchev–Trinajstić information content (AvgIpc) is 3.07. The molecule has 0 bridgehead atoms. The second kappa shape index (κ2) is 4.69. The highest BCUT2D eigenvalue weighted by atomic mass is 15.2. The van der Waals surface area contributed by atoms with E-state index in [1.807, 2.05) is 37.0 Å². The van der Waals surface area contributed by atoms with E-state index in [1.54, 1.807) is 6.20 Å². The number of hydrogen-bond acceptors (Lipinski definition) is 5. The summed E-state index contributed by atoms with van der Waals surface area (Å²) >= 11 is 0. The van der Waals surface area contributed by atoms with E-state index < -0.39 is 0 Å². The van der Waals surface area contributed by atoms with Gasteiger partial charge in [-0.3, -0.25) is 5.41 Å². The molecule has 0 aliphatic carbocycles. The van der Waals surface area contributed by atoms with Gasteiger partial charge in [0.15, 0.2) is 5.84 Å². The Labute approximate surface area is 115 Å². The lowest BCUT2D eigenvalue weighted by molar-refractivity contribution is 0.969. The highest BCUT2D eigenvalue weighted by Gasteiger charge is 2.17. The third kappa shape index (κ3) is 1.71. The number of fused-ring (bicyclic) bond motifs is 1. The fourth-order valence-corrected chi connectivity index (χ4v) is 2.29. The molecular weight excluding hydrogens is 254 g/mol. The molecule has 7 nitrogen and oxygen atoms in total. The van der Waals surface area contributed by atoms with Crippen LogP contribution in [0.15, 0.2) is 35.2 Å². The maximum Gasteiger partial charge on any atom is 0.153 e. The number of hydrogen-bond donors (Lipinski definition) is 4. The quantitative estimate of drug-likeness (QED) is 0.670. The zero-order valence-electron chi connectivity index (χ0n) is 11.2. The number of aliphatic imine (C=N–C) groups is 1. The monoisotopic (exact) mass is 269 g/mol. The molecule has 3 heterocycles. The SMILES string of the molecule is CN/C(=C1/N=CNC1=N)n1ccc2c(NC)nccc21. The van der Waals surface area contributed by atoms with Crippen LogP contribution in [0.3, 0.4) is 0 Å². The molecule has 0 saturated heterocycles. The van der Waals surface area contributed by atoms with Gasteiger partial charge in [0.05, 0.1) is 11.9 Å². The standard InChI is InChI=1S/C13H15N7/c1-15-12-8-4-6-20(9(8)3-5-17-12)13(16-2)10-11(14)19-7-18-10/h3-7,16H,1-2H3,(H,15,17)(H2,14,18,19)/b13-10-. The summed E-state index contributed by atoms with van der Waals surface area (Å²) in [4.78, 5) is 8.49. The molecule has 0 saturated carbocycles. The Kier molecular flexibility index (Phi) is 2.86. The van der Waals surface area contributed by atoms with E-state index in [2.05, 4.69) is 25.9 Å². The van der Waals surface area contributed by atoms with Gasteiger partial charge in [0.2, 0.25) is 0 Å². The first kappa shape index (κ1) is 12.2. The van der Waals surface area contributed by atoms with Crippen molar-refractivity contribution >= 4 is 34.7 Å². The Bertz CT molecular complexity index is 738. The molecule has 2 aromatic rings. The molecule has 0 aromatic carbocycles. The Morgan fingerprint density at radius 1 is 1.35 bits per heavy atom. The average molecular weight is 269 g/mol. The van der Waals surface area contributed by atoms with Crippen LogP contribution in [0.1, 0.15) is 0 Å². The van der Waals surface area contributed by atoms with E-state index in [-0.39, 0.29) is 5.84 Å². The second-order valence-electron chi connectivity index (χ2n) is 4.25. The third-order valence-electron chi connectivity index (χ3n) is 3.20. The van der Waals surface area contributed by atoms with E-state index in [1.165, 1.54) is 6.34 Å². The molecular formula is C13H15N7. The lowest BCUT2D eigenvalue weighted by Gasteiger charge is -2.12. The number of nitrogens with one attached hydrogen (secondary N) is 4. The zero-order valence-corrected chi connectivity index (χ0v) is 11.2. The van der Waals surface area contributed by atoms with E-state index >= 15 is 0 Å². The normalized spacial score (nSPS) is 16.4. The van der Waals surface area contributed by atoms with Crippen LogP contribution in [0.2, 0.25) is 0 Å². The predicted molar refractivity (Wildman–Crippen MR) is 80.9 cm³/mol. The summed E-state index contributed by atoms with van der Waals surface area (Å²) in [5.74, 6) is 1.85. The van der Waals surface area contributed by atoms with Gasteiger partial charge in [-0.15, -0.1) is 0 Å². The molecule has 0 amide bonds. The van der Waals surface area contributed by atoms with Crippen LogP contribution in [0.25, 0.3) is 16.7 Å². The smallest absolute Gasteiger partial charge is 0.153 e. The molecule has 102 valence electrons. The van der Waals surface area contributed by atoms with E-state index in [4.69, 9.17) is 5.41 Å². The molecule has 3 rings (SSSR count). The van der Waals surface area contributed by atoms with Crippen LogP contribution >= 0.6 is 0 Å². The van der Waals surface area contributed by atoms with Gasteiger partial charge in [0.25, 0.3) is 0 Å². The predicted octanol–water partition coefficient (Wildman–Crippen LogP) is 1.03. The summed E-state index contributed by atoms with van der Waals surface area (Å²) in [5.41, 5.74) is 1.57. The number of rotatable bonds is 3. The van der Waals surface area contributed by atoms with E-state index in [0.29, 0.717) is 5.70 Å². The van der Waals surface area contributed by atoms with Crippen molar-refractivity contribution in [3.8, 4) is 0 Å². The van der Waals surface area contributed by atoms with Crippen LogP contribution in [0.5, 0.6) is 0 Å². The molecule has 20 heavy (non-hydrogen) atoms. The van der Waals surface area contributed by atoms with Crippen molar-refractivity contribution in [2.75, 3.05) is 19.4 Å². The van der Waals surface area contributed by atoms with Gasteiger partial charge in [-0.2, -0.15) is 0 Å². The summed E-state index contributed by atoms with van der Waals surface area (Å²) in [5, 5.41) is 17.8. The molecule has 7 heteroatoms. The minimum atomic E-state index is 0.277. The van der Waals surface area contributed by atoms with Gasteiger partial charge in [-0.25, -0.2) is 9.98 Å². The maximum atomic E-state index is 7.86. The summed E-state index contributed by atoms with van der Waals surface area (Å²) in [7, 11) is 3.66. The number of pyridine rings is 1. The Morgan fingerprint density at radius 2 is 2.20 bits per heavy atom. The van der Waals surface area contributed by atoms with Crippen LogP contribution in [-0.4, -0.2) is 35.8 Å². The highest BCUT2D eigenvalue weighted by Crippen LogP contribution is 2.25. The zero-order chi connectivity index (χ0) is 14.1. The number of aromatic nitrogens is 2. The third-order valence-corrected chi connectivity index (χ3v) is 3.20. The van der Waals surface area contributed by atoms with E-state index in [0.717, 1.165) is 22.5 Å². The van der Waals surface area contributed by atoms with Crippen molar-refractivity contribution in [1.29, 1.82) is 5.41 Å². The van der Waals surface area contributed by atoms with Gasteiger partial charge in [0.1, 0.15) is 17.3 Å². The number of nitrogens with zero attached hydrogens (tertiary/aromatic N) is 3. The Balaban J connectivity index is 2.24. The summed E-state index contributed by atoms with van der Waals surface area (Å²) < 4.78 is 1.96. The molecule has 0 atom stereocenters. The van der Waals surface area contributed by atoms with Crippen molar-refractivity contribution in [3.05, 3.63) is 30.2 Å². The van der Waals surface area contributed by atoms with Gasteiger partial charge in [0, 0.05) is 31.9 Å². The fourth-order valence-electron chi connectivity index (χ4n) is 2.29. The first-order valence-corrected chi connectivity index (χ1v) is 6.20.